The van der Waals surface area contributed by atoms with Crippen LogP contribution in [0, 0.1) is 5.92 Å². The largest absolute Gasteiger partial charge is 0.481 e. The number of hydrogen-bond acceptors (Lipinski definition) is 3. The number of carboxylic acids is 1. The summed E-state index contributed by atoms with van der Waals surface area (Å²) >= 11 is 0. The molecule has 0 bridgehead atoms. The number of rotatable bonds is 5. The maximum atomic E-state index is 12.5. The van der Waals surface area contributed by atoms with Gasteiger partial charge in [-0.05, 0) is 30.5 Å². The van der Waals surface area contributed by atoms with Gasteiger partial charge in [0.2, 0.25) is 0 Å². The minimum Gasteiger partial charge on any atom is -0.481 e. The average Bonchev–Trinajstić information content (AvgIpc) is 2.79. The van der Waals surface area contributed by atoms with Crippen LogP contribution in [0.2, 0.25) is 0 Å². The van der Waals surface area contributed by atoms with Crippen LogP contribution < -0.4 is 0 Å². The maximum Gasteiger partial charge on any atom is 0.310 e. The molecule has 22 heavy (non-hydrogen) atoms. The first-order chi connectivity index (χ1) is 10.6. The van der Waals surface area contributed by atoms with Crippen molar-refractivity contribution in [1.82, 2.24) is 4.90 Å². The highest BCUT2D eigenvalue weighted by Gasteiger charge is 2.27. The second kappa shape index (κ2) is 7.94. The van der Waals surface area contributed by atoms with Gasteiger partial charge in [-0.3, -0.25) is 9.59 Å². The molecule has 1 saturated heterocycles. The van der Waals surface area contributed by atoms with Gasteiger partial charge in [0.05, 0.1) is 19.1 Å². The van der Waals surface area contributed by atoms with Crippen LogP contribution in [0.3, 0.4) is 0 Å². The summed E-state index contributed by atoms with van der Waals surface area (Å²) in [5.41, 5.74) is 1.83. The molecule has 1 aliphatic heterocycles. The van der Waals surface area contributed by atoms with E-state index in [0.29, 0.717) is 18.7 Å². The van der Waals surface area contributed by atoms with Crippen LogP contribution in [0.15, 0.2) is 24.3 Å². The third-order valence-corrected chi connectivity index (χ3v) is 3.92. The highest BCUT2D eigenvalue weighted by molar-refractivity contribution is 5.94. The van der Waals surface area contributed by atoms with E-state index >= 15 is 0 Å². The number of amides is 1. The second-order valence-electron chi connectivity index (χ2n) is 5.66. The van der Waals surface area contributed by atoms with Crippen molar-refractivity contribution in [3.8, 4) is 0 Å². The zero-order chi connectivity index (χ0) is 15.9. The number of hydrogen-bond donors (Lipinski definition) is 1. The normalized spacial score (nSPS) is 18.8. The first-order valence-electron chi connectivity index (χ1n) is 7.80. The Morgan fingerprint density at radius 2 is 2.05 bits per heavy atom. The van der Waals surface area contributed by atoms with Crippen molar-refractivity contribution in [3.63, 3.8) is 0 Å². The number of carbonyl (C=O) groups is 2. The van der Waals surface area contributed by atoms with E-state index in [4.69, 9.17) is 9.84 Å². The first kappa shape index (κ1) is 16.5. The first-order valence-corrected chi connectivity index (χ1v) is 7.80. The molecule has 5 heteroatoms. The molecule has 2 rings (SSSR count). The molecule has 0 spiro atoms. The number of nitrogens with zero attached hydrogens (tertiary/aromatic N) is 1. The number of aryl methyl sites for hydroxylation is 1. The van der Waals surface area contributed by atoms with Gasteiger partial charge in [0, 0.05) is 18.7 Å². The Hall–Kier alpha value is -1.88. The minimum absolute atomic E-state index is 0.126. The van der Waals surface area contributed by atoms with Crippen molar-refractivity contribution in [3.05, 3.63) is 35.4 Å². The Kier molecular flexibility index (Phi) is 5.95. The zero-order valence-electron chi connectivity index (χ0n) is 13.0. The summed E-state index contributed by atoms with van der Waals surface area (Å²) in [5, 5.41) is 9.13. The van der Waals surface area contributed by atoms with E-state index in [9.17, 15) is 9.59 Å². The molecule has 1 unspecified atom stereocenters. The lowest BCUT2D eigenvalue weighted by atomic mass is 10.1. The average molecular weight is 305 g/mol. The number of carboxylic acid groups (broad SMARTS) is 1. The fourth-order valence-electron chi connectivity index (χ4n) is 2.52. The van der Waals surface area contributed by atoms with E-state index in [0.717, 1.165) is 19.3 Å². The van der Waals surface area contributed by atoms with E-state index in [1.807, 2.05) is 24.3 Å². The predicted octanol–water partition coefficient (Wildman–Crippen LogP) is 2.20. The van der Waals surface area contributed by atoms with Crippen molar-refractivity contribution >= 4 is 11.9 Å². The Balaban J connectivity index is 2.04. The SMILES string of the molecule is CCCCc1ccc(C(=O)N2CCOCC(C(=O)O)C2)cc1. The number of aliphatic carboxylic acids is 1. The molecule has 0 aliphatic carbocycles. The lowest BCUT2D eigenvalue weighted by Gasteiger charge is -2.22. The van der Waals surface area contributed by atoms with E-state index in [-0.39, 0.29) is 19.1 Å². The Morgan fingerprint density at radius 3 is 2.68 bits per heavy atom. The van der Waals surface area contributed by atoms with Crippen LogP contribution >= 0.6 is 0 Å². The van der Waals surface area contributed by atoms with Gasteiger partial charge in [-0.15, -0.1) is 0 Å². The summed E-state index contributed by atoms with van der Waals surface area (Å²) in [6.07, 6.45) is 3.30. The number of carbonyl (C=O) groups excluding carboxylic acids is 1. The van der Waals surface area contributed by atoms with Crippen molar-refractivity contribution in [2.24, 2.45) is 5.92 Å². The Morgan fingerprint density at radius 1 is 1.32 bits per heavy atom. The fourth-order valence-corrected chi connectivity index (χ4v) is 2.52. The molecule has 1 fully saturated rings. The maximum absolute atomic E-state index is 12.5. The van der Waals surface area contributed by atoms with E-state index in [2.05, 4.69) is 6.92 Å². The fraction of sp³-hybridized carbons (Fsp3) is 0.529. The molecule has 1 atom stereocenters. The van der Waals surface area contributed by atoms with Crippen molar-refractivity contribution in [2.75, 3.05) is 26.3 Å². The molecule has 0 radical (unpaired) electrons. The quantitative estimate of drug-likeness (QED) is 0.905. The molecular weight excluding hydrogens is 282 g/mol. The lowest BCUT2D eigenvalue weighted by molar-refractivity contribution is -0.143. The summed E-state index contributed by atoms with van der Waals surface area (Å²) < 4.78 is 5.27. The lowest BCUT2D eigenvalue weighted by Crippen LogP contribution is -2.38. The number of benzene rings is 1. The Labute approximate surface area is 130 Å². The third kappa shape index (κ3) is 4.31. The molecule has 1 aromatic rings. The topological polar surface area (TPSA) is 66.8 Å². The van der Waals surface area contributed by atoms with Crippen LogP contribution in [0.5, 0.6) is 0 Å². The number of ether oxygens (including phenoxy) is 1. The highest BCUT2D eigenvalue weighted by Crippen LogP contribution is 2.14. The molecule has 1 aromatic carbocycles. The van der Waals surface area contributed by atoms with E-state index < -0.39 is 11.9 Å². The van der Waals surface area contributed by atoms with Crippen molar-refractivity contribution < 1.29 is 19.4 Å². The molecule has 0 saturated carbocycles. The van der Waals surface area contributed by atoms with Crippen molar-refractivity contribution in [1.29, 1.82) is 0 Å². The van der Waals surface area contributed by atoms with Crippen LogP contribution in [0.1, 0.15) is 35.7 Å². The molecular formula is C17H23NO4. The van der Waals surface area contributed by atoms with Gasteiger partial charge in [0.1, 0.15) is 0 Å². The van der Waals surface area contributed by atoms with E-state index in [1.54, 1.807) is 4.90 Å². The molecule has 1 heterocycles. The van der Waals surface area contributed by atoms with Gasteiger partial charge in [0.25, 0.3) is 5.91 Å². The summed E-state index contributed by atoms with van der Waals surface area (Å²) in [6, 6.07) is 7.61. The summed E-state index contributed by atoms with van der Waals surface area (Å²) in [6.45, 7) is 3.32. The smallest absolute Gasteiger partial charge is 0.310 e. The van der Waals surface area contributed by atoms with Crippen LogP contribution in [-0.4, -0.2) is 48.2 Å². The monoisotopic (exact) mass is 305 g/mol. The predicted molar refractivity (Wildman–Crippen MR) is 82.9 cm³/mol. The van der Waals surface area contributed by atoms with Gasteiger partial charge < -0.3 is 14.7 Å². The zero-order valence-corrected chi connectivity index (χ0v) is 13.0. The summed E-state index contributed by atoms with van der Waals surface area (Å²) in [5.74, 6) is -1.70. The number of unbranched alkanes of at least 4 members (excludes halogenated alkanes) is 1. The molecule has 1 aliphatic rings. The van der Waals surface area contributed by atoms with Gasteiger partial charge in [0.15, 0.2) is 0 Å². The molecule has 1 N–H and O–H groups in total. The van der Waals surface area contributed by atoms with Crippen LogP contribution in [0.4, 0.5) is 0 Å². The molecule has 120 valence electrons. The van der Waals surface area contributed by atoms with Gasteiger partial charge in [-0.1, -0.05) is 25.5 Å². The van der Waals surface area contributed by atoms with Crippen LogP contribution in [-0.2, 0) is 16.0 Å². The van der Waals surface area contributed by atoms with Gasteiger partial charge in [-0.2, -0.15) is 0 Å². The van der Waals surface area contributed by atoms with Gasteiger partial charge >= 0.3 is 5.97 Å². The van der Waals surface area contributed by atoms with Crippen LogP contribution in [0.25, 0.3) is 0 Å². The minimum atomic E-state index is -0.922. The third-order valence-electron chi connectivity index (χ3n) is 3.92. The highest BCUT2D eigenvalue weighted by atomic mass is 16.5. The second-order valence-corrected chi connectivity index (χ2v) is 5.66. The van der Waals surface area contributed by atoms with Crippen molar-refractivity contribution in [2.45, 2.75) is 26.2 Å². The molecule has 5 nitrogen and oxygen atoms in total. The van der Waals surface area contributed by atoms with E-state index in [1.165, 1.54) is 5.56 Å². The van der Waals surface area contributed by atoms with Gasteiger partial charge in [-0.25, -0.2) is 0 Å². The summed E-state index contributed by atoms with van der Waals surface area (Å²) in [7, 11) is 0. The molecule has 0 aromatic heterocycles. The Bertz CT molecular complexity index is 512. The standard InChI is InChI=1S/C17H23NO4/c1-2-3-4-13-5-7-14(8-6-13)16(19)18-9-10-22-12-15(11-18)17(20)21/h5-8,15H,2-4,9-12H2,1H3,(H,20,21). The molecule has 1 amide bonds. The summed E-state index contributed by atoms with van der Waals surface area (Å²) in [4.78, 5) is 25.2.